The minimum Gasteiger partial charge on any atom is -0.467 e. The van der Waals surface area contributed by atoms with Gasteiger partial charge in [-0.15, -0.1) is 0 Å². The molecule has 172 valence electrons. The fourth-order valence-corrected chi connectivity index (χ4v) is 3.29. The normalized spacial score (nSPS) is 24.1. The van der Waals surface area contributed by atoms with Gasteiger partial charge < -0.3 is 29.1 Å². The van der Waals surface area contributed by atoms with E-state index in [-0.39, 0.29) is 19.6 Å². The van der Waals surface area contributed by atoms with Crippen LogP contribution >= 0.6 is 34.8 Å². The first-order valence-corrected chi connectivity index (χ1v) is 10.5. The first-order valence-electron chi connectivity index (χ1n) is 9.34. The van der Waals surface area contributed by atoms with Gasteiger partial charge in [-0.25, -0.2) is 4.79 Å². The summed E-state index contributed by atoms with van der Waals surface area (Å²) in [4.78, 5) is 36.8. The van der Waals surface area contributed by atoms with Crippen molar-refractivity contribution in [2.75, 3.05) is 13.7 Å². The van der Waals surface area contributed by atoms with Crippen LogP contribution < -0.4 is 5.32 Å². The number of benzene rings is 1. The third-order valence-electron chi connectivity index (χ3n) is 4.66. The maximum absolute atomic E-state index is 12.9. The van der Waals surface area contributed by atoms with Crippen molar-refractivity contribution < 1.29 is 33.3 Å². The zero-order chi connectivity index (χ0) is 23.3. The van der Waals surface area contributed by atoms with Gasteiger partial charge in [-0.1, -0.05) is 65.1 Å². The fraction of sp³-hybridized carbons (Fsp3) is 0.550. The summed E-state index contributed by atoms with van der Waals surface area (Å²) >= 11 is 17.1. The summed E-state index contributed by atoms with van der Waals surface area (Å²) in [5, 5.41) is 2.39. The lowest BCUT2D eigenvalue weighted by atomic mass is 9.86. The van der Waals surface area contributed by atoms with Crippen LogP contribution in [0, 0.1) is 0 Å². The van der Waals surface area contributed by atoms with Gasteiger partial charge in [0, 0.05) is 6.42 Å². The lowest BCUT2D eigenvalue weighted by Gasteiger charge is -2.49. The molecule has 0 unspecified atom stereocenters. The third-order valence-corrected chi connectivity index (χ3v) is 5.18. The maximum atomic E-state index is 12.9. The third kappa shape index (κ3) is 6.54. The van der Waals surface area contributed by atoms with E-state index >= 15 is 0 Å². The standard InChI is InChI=1S/C20H24Cl3NO7/c1-18(2)30-12-19(17(27)28-3,24-16(26)20(21,22)23)15(31-18)14(9-10-25)29-11-13-7-5-4-6-8-13/h4-8,10,14-15H,9,11-12H2,1-3H3,(H,24,26)/t14-,15+,19+/m1/s1. The molecule has 1 aromatic carbocycles. The van der Waals surface area contributed by atoms with Crippen molar-refractivity contribution in [2.24, 2.45) is 0 Å². The van der Waals surface area contributed by atoms with Crippen molar-refractivity contribution in [1.82, 2.24) is 5.32 Å². The zero-order valence-electron chi connectivity index (χ0n) is 17.2. The molecule has 1 saturated heterocycles. The number of alkyl halides is 3. The van der Waals surface area contributed by atoms with Crippen molar-refractivity contribution in [3.63, 3.8) is 0 Å². The molecule has 8 nitrogen and oxygen atoms in total. The Kier molecular flexibility index (Phi) is 8.72. The zero-order valence-corrected chi connectivity index (χ0v) is 19.5. The number of carbonyl (C=O) groups is 3. The molecular formula is C20H24Cl3NO7. The highest BCUT2D eigenvalue weighted by Gasteiger charge is 2.59. The van der Waals surface area contributed by atoms with E-state index in [9.17, 15) is 14.4 Å². The number of amides is 1. The van der Waals surface area contributed by atoms with Crippen LogP contribution in [0.4, 0.5) is 0 Å². The molecule has 1 N–H and O–H groups in total. The molecule has 0 saturated carbocycles. The largest absolute Gasteiger partial charge is 0.467 e. The minimum atomic E-state index is -2.37. The van der Waals surface area contributed by atoms with E-state index in [0.717, 1.165) is 12.7 Å². The van der Waals surface area contributed by atoms with Gasteiger partial charge in [0.2, 0.25) is 0 Å². The van der Waals surface area contributed by atoms with E-state index in [1.807, 2.05) is 30.3 Å². The van der Waals surface area contributed by atoms with Crippen LogP contribution in [0.1, 0.15) is 25.8 Å². The van der Waals surface area contributed by atoms with Crippen molar-refractivity contribution in [1.29, 1.82) is 0 Å². The van der Waals surface area contributed by atoms with E-state index in [1.54, 1.807) is 13.8 Å². The Labute approximate surface area is 195 Å². The SMILES string of the molecule is COC(=O)[C@]1(NC(=O)C(Cl)(Cl)Cl)COC(C)(C)O[C@H]1[C@@H](CC=O)OCc1ccccc1. The molecule has 1 amide bonds. The molecule has 1 fully saturated rings. The van der Waals surface area contributed by atoms with Crippen LogP contribution in [0.5, 0.6) is 0 Å². The van der Waals surface area contributed by atoms with Crippen LogP contribution in [0.25, 0.3) is 0 Å². The first-order chi connectivity index (χ1) is 14.4. The second kappa shape index (κ2) is 10.5. The Balaban J connectivity index is 2.44. The second-order valence-corrected chi connectivity index (χ2v) is 9.66. The van der Waals surface area contributed by atoms with Crippen LogP contribution in [0.15, 0.2) is 30.3 Å². The lowest BCUT2D eigenvalue weighted by Crippen LogP contribution is -2.74. The lowest BCUT2D eigenvalue weighted by molar-refractivity contribution is -0.317. The number of hydrogen-bond donors (Lipinski definition) is 1. The summed E-state index contributed by atoms with van der Waals surface area (Å²) < 4.78 is 20.1. The van der Waals surface area contributed by atoms with Crippen LogP contribution in [0.3, 0.4) is 0 Å². The van der Waals surface area contributed by atoms with E-state index in [1.165, 1.54) is 0 Å². The monoisotopic (exact) mass is 495 g/mol. The summed E-state index contributed by atoms with van der Waals surface area (Å²) in [6, 6.07) is 9.20. The van der Waals surface area contributed by atoms with Crippen LogP contribution in [-0.2, 0) is 39.9 Å². The molecule has 1 aliphatic heterocycles. The molecule has 0 bridgehead atoms. The number of aldehydes is 1. The number of halogens is 3. The van der Waals surface area contributed by atoms with Crippen molar-refractivity contribution in [3.05, 3.63) is 35.9 Å². The summed E-state index contributed by atoms with van der Waals surface area (Å²) in [6.45, 7) is 2.99. The summed E-state index contributed by atoms with van der Waals surface area (Å²) in [7, 11) is 1.13. The molecule has 11 heteroatoms. The van der Waals surface area contributed by atoms with Crippen LogP contribution in [-0.4, -0.2) is 59.2 Å². The first kappa shape index (κ1) is 25.8. The Morgan fingerprint density at radius 1 is 1.29 bits per heavy atom. The number of hydrogen-bond acceptors (Lipinski definition) is 7. The minimum absolute atomic E-state index is 0.121. The highest BCUT2D eigenvalue weighted by atomic mass is 35.6. The summed E-state index contributed by atoms with van der Waals surface area (Å²) in [6.07, 6.45) is -1.68. The Hall–Kier alpha value is -1.42. The van der Waals surface area contributed by atoms with Gasteiger partial charge in [0.05, 0.1) is 26.4 Å². The number of esters is 1. The number of nitrogens with one attached hydrogen (secondary N) is 1. The number of rotatable bonds is 8. The van der Waals surface area contributed by atoms with Gasteiger partial charge in [-0.3, -0.25) is 4.79 Å². The van der Waals surface area contributed by atoms with Crippen LogP contribution in [0.2, 0.25) is 0 Å². The van der Waals surface area contributed by atoms with Crippen molar-refractivity contribution >= 4 is 53.0 Å². The molecular weight excluding hydrogens is 473 g/mol. The van der Waals surface area contributed by atoms with Crippen molar-refractivity contribution in [3.8, 4) is 0 Å². The molecule has 31 heavy (non-hydrogen) atoms. The molecule has 1 aliphatic rings. The average molecular weight is 497 g/mol. The average Bonchev–Trinajstić information content (AvgIpc) is 2.71. The highest BCUT2D eigenvalue weighted by molar-refractivity contribution is 6.76. The second-order valence-electron chi connectivity index (χ2n) is 7.38. The van der Waals surface area contributed by atoms with Gasteiger partial charge in [-0.05, 0) is 19.4 Å². The van der Waals surface area contributed by atoms with Gasteiger partial charge in [-0.2, -0.15) is 0 Å². The predicted molar refractivity (Wildman–Crippen MR) is 114 cm³/mol. The maximum Gasteiger partial charge on any atom is 0.336 e. The fourth-order valence-electron chi connectivity index (χ4n) is 3.14. The van der Waals surface area contributed by atoms with E-state index in [4.69, 9.17) is 53.8 Å². The number of carbonyl (C=O) groups excluding carboxylic acids is 3. The number of ether oxygens (including phenoxy) is 4. The predicted octanol–water partition coefficient (Wildman–Crippen LogP) is 2.71. The van der Waals surface area contributed by atoms with Gasteiger partial charge in [0.25, 0.3) is 9.70 Å². The quantitative estimate of drug-likeness (QED) is 0.335. The molecule has 0 spiro atoms. The van der Waals surface area contributed by atoms with Gasteiger partial charge >= 0.3 is 5.97 Å². The topological polar surface area (TPSA) is 100 Å². The smallest absolute Gasteiger partial charge is 0.336 e. The number of methoxy groups -OCH3 is 1. The highest BCUT2D eigenvalue weighted by Crippen LogP contribution is 2.36. The molecule has 2 rings (SSSR count). The molecule has 0 radical (unpaired) electrons. The van der Waals surface area contributed by atoms with E-state index < -0.39 is 39.2 Å². The summed E-state index contributed by atoms with van der Waals surface area (Å²) in [5.41, 5.74) is -1.10. The molecule has 0 aromatic heterocycles. The Bertz CT molecular complexity index is 785. The van der Waals surface area contributed by atoms with Gasteiger partial charge in [0.1, 0.15) is 12.4 Å². The molecule has 3 atom stereocenters. The van der Waals surface area contributed by atoms with E-state index in [2.05, 4.69) is 5.32 Å². The Morgan fingerprint density at radius 3 is 2.48 bits per heavy atom. The molecule has 0 aliphatic carbocycles. The molecule has 1 heterocycles. The van der Waals surface area contributed by atoms with Gasteiger partial charge in [0.15, 0.2) is 11.3 Å². The van der Waals surface area contributed by atoms with E-state index in [0.29, 0.717) is 6.29 Å². The van der Waals surface area contributed by atoms with Crippen molar-refractivity contribution in [2.45, 2.75) is 54.2 Å². The Morgan fingerprint density at radius 2 is 1.94 bits per heavy atom. The summed E-state index contributed by atoms with van der Waals surface area (Å²) in [5.74, 6) is -3.16. The molecule has 1 aromatic rings.